The average molecular weight is 502 g/mol. The van der Waals surface area contributed by atoms with Crippen LogP contribution in [0.15, 0.2) is 29.5 Å². The third-order valence-corrected chi connectivity index (χ3v) is 4.22. The van der Waals surface area contributed by atoms with Crippen LogP contribution >= 0.6 is 24.0 Å². The number of benzene rings is 1. The number of methoxy groups -OCH3 is 2. The molecule has 2 rings (SSSR count). The molecule has 8 nitrogen and oxygen atoms in total. The Morgan fingerprint density at radius 2 is 2.04 bits per heavy atom. The van der Waals surface area contributed by atoms with Crippen molar-refractivity contribution in [1.29, 1.82) is 0 Å². The van der Waals surface area contributed by atoms with E-state index in [-0.39, 0.29) is 30.0 Å². The Morgan fingerprint density at radius 3 is 2.68 bits per heavy atom. The number of rotatable bonds is 9. The normalized spacial score (nSPS) is 12.1. The zero-order chi connectivity index (χ0) is 19.6. The van der Waals surface area contributed by atoms with Gasteiger partial charge in [0.05, 0.1) is 26.8 Å². The second-order valence-electron chi connectivity index (χ2n) is 6.03. The van der Waals surface area contributed by atoms with Gasteiger partial charge in [0.1, 0.15) is 23.7 Å². The quantitative estimate of drug-likeness (QED) is 0.312. The number of hydrogen-bond acceptors (Lipinski definition) is 5. The molecular weight excluding hydrogens is 471 g/mol. The SMILES string of the molecule is CCNC(=NCCn1cnnc1CC)NC(C)c1cc(OC)ccc1OC.I. The summed E-state index contributed by atoms with van der Waals surface area (Å²) in [4.78, 5) is 4.67. The van der Waals surface area contributed by atoms with Gasteiger partial charge in [0.25, 0.3) is 0 Å². The largest absolute Gasteiger partial charge is 0.497 e. The molecule has 0 bridgehead atoms. The summed E-state index contributed by atoms with van der Waals surface area (Å²) in [5.74, 6) is 3.32. The molecule has 1 unspecified atom stereocenters. The van der Waals surface area contributed by atoms with E-state index in [1.54, 1.807) is 20.5 Å². The standard InChI is InChI=1S/C19H30N6O2.HI/c1-6-18-24-22-13-25(18)11-10-21-19(20-7-2)23-14(3)16-12-15(26-4)8-9-17(16)27-5;/h8-9,12-14H,6-7,10-11H2,1-5H3,(H2,20,21,23);1H. The van der Waals surface area contributed by atoms with Gasteiger partial charge >= 0.3 is 0 Å². The van der Waals surface area contributed by atoms with Gasteiger partial charge in [0.2, 0.25) is 0 Å². The maximum absolute atomic E-state index is 5.49. The monoisotopic (exact) mass is 502 g/mol. The zero-order valence-electron chi connectivity index (χ0n) is 17.2. The fourth-order valence-electron chi connectivity index (χ4n) is 2.79. The van der Waals surface area contributed by atoms with Gasteiger partial charge in [-0.05, 0) is 32.0 Å². The van der Waals surface area contributed by atoms with Crippen LogP contribution in [-0.4, -0.2) is 48.0 Å². The Bertz CT molecular complexity index is 750. The molecule has 0 aliphatic carbocycles. The number of halogens is 1. The second kappa shape index (κ2) is 12.4. The van der Waals surface area contributed by atoms with Gasteiger partial charge in [0, 0.05) is 25.1 Å². The van der Waals surface area contributed by atoms with E-state index >= 15 is 0 Å². The predicted octanol–water partition coefficient (Wildman–Crippen LogP) is 2.79. The Kier molecular flexibility index (Phi) is 10.6. The summed E-state index contributed by atoms with van der Waals surface area (Å²) in [6.45, 7) is 8.33. The molecule has 1 aromatic heterocycles. The number of hydrogen-bond donors (Lipinski definition) is 2. The zero-order valence-corrected chi connectivity index (χ0v) is 19.6. The molecule has 1 aromatic carbocycles. The maximum Gasteiger partial charge on any atom is 0.191 e. The van der Waals surface area contributed by atoms with Crippen LogP contribution in [0.2, 0.25) is 0 Å². The van der Waals surface area contributed by atoms with Crippen molar-refractivity contribution in [3.63, 3.8) is 0 Å². The van der Waals surface area contributed by atoms with E-state index in [4.69, 9.17) is 9.47 Å². The number of nitrogens with one attached hydrogen (secondary N) is 2. The van der Waals surface area contributed by atoms with Gasteiger partial charge in [-0.15, -0.1) is 34.2 Å². The molecule has 1 atom stereocenters. The highest BCUT2D eigenvalue weighted by Crippen LogP contribution is 2.29. The van der Waals surface area contributed by atoms with Crippen LogP contribution in [0.4, 0.5) is 0 Å². The van der Waals surface area contributed by atoms with Crippen LogP contribution in [0, 0.1) is 0 Å². The lowest BCUT2D eigenvalue weighted by atomic mass is 10.1. The van der Waals surface area contributed by atoms with E-state index in [2.05, 4.69) is 39.7 Å². The third kappa shape index (κ3) is 6.54. The molecule has 0 amide bonds. The minimum absolute atomic E-state index is 0. The van der Waals surface area contributed by atoms with Crippen LogP contribution < -0.4 is 20.1 Å². The molecule has 0 aliphatic rings. The van der Waals surface area contributed by atoms with Gasteiger partial charge < -0.3 is 24.7 Å². The van der Waals surface area contributed by atoms with Crippen molar-refractivity contribution in [1.82, 2.24) is 25.4 Å². The van der Waals surface area contributed by atoms with Crippen LogP contribution in [0.25, 0.3) is 0 Å². The van der Waals surface area contributed by atoms with Crippen molar-refractivity contribution in [2.45, 2.75) is 39.8 Å². The average Bonchev–Trinajstić information content (AvgIpc) is 3.15. The summed E-state index contributed by atoms with van der Waals surface area (Å²) in [7, 11) is 3.33. The molecule has 28 heavy (non-hydrogen) atoms. The fourth-order valence-corrected chi connectivity index (χ4v) is 2.79. The van der Waals surface area contributed by atoms with Crippen molar-refractivity contribution in [2.75, 3.05) is 27.3 Å². The Labute approximate surface area is 184 Å². The van der Waals surface area contributed by atoms with Gasteiger partial charge in [0.15, 0.2) is 5.96 Å². The summed E-state index contributed by atoms with van der Waals surface area (Å²) < 4.78 is 12.9. The van der Waals surface area contributed by atoms with Gasteiger partial charge in [-0.1, -0.05) is 6.92 Å². The molecule has 0 aliphatic heterocycles. The van der Waals surface area contributed by atoms with Crippen LogP contribution in [-0.2, 0) is 13.0 Å². The van der Waals surface area contributed by atoms with Crippen LogP contribution in [0.3, 0.4) is 0 Å². The summed E-state index contributed by atoms with van der Waals surface area (Å²) in [5.41, 5.74) is 1.01. The molecule has 1 heterocycles. The molecule has 2 aromatic rings. The minimum Gasteiger partial charge on any atom is -0.497 e. The van der Waals surface area contributed by atoms with Crippen LogP contribution in [0.5, 0.6) is 11.5 Å². The summed E-state index contributed by atoms with van der Waals surface area (Å²) in [6.07, 6.45) is 2.60. The first-order valence-corrected chi connectivity index (χ1v) is 9.26. The maximum atomic E-state index is 5.49. The van der Waals surface area contributed by atoms with Crippen molar-refractivity contribution in [3.05, 3.63) is 35.9 Å². The highest BCUT2D eigenvalue weighted by molar-refractivity contribution is 14.0. The van der Waals surface area contributed by atoms with Crippen molar-refractivity contribution < 1.29 is 9.47 Å². The fraction of sp³-hybridized carbons (Fsp3) is 0.526. The minimum atomic E-state index is -0.00559. The first-order valence-electron chi connectivity index (χ1n) is 9.26. The van der Waals surface area contributed by atoms with E-state index in [9.17, 15) is 0 Å². The highest BCUT2D eigenvalue weighted by atomic mass is 127. The molecule has 0 spiro atoms. The van der Waals surface area contributed by atoms with Crippen LogP contribution in [0.1, 0.15) is 38.2 Å². The molecule has 0 saturated heterocycles. The number of ether oxygens (including phenoxy) is 2. The number of aromatic nitrogens is 3. The number of aryl methyl sites for hydroxylation is 1. The summed E-state index contributed by atoms with van der Waals surface area (Å²) >= 11 is 0. The second-order valence-corrected chi connectivity index (χ2v) is 6.03. The molecular formula is C19H31IN6O2. The first kappa shape index (κ1) is 24.0. The Hall–Kier alpha value is -2.04. The molecule has 0 saturated carbocycles. The smallest absolute Gasteiger partial charge is 0.191 e. The molecule has 9 heteroatoms. The molecule has 0 radical (unpaired) electrons. The van der Waals surface area contributed by atoms with Gasteiger partial charge in [-0.25, -0.2) is 0 Å². The lowest BCUT2D eigenvalue weighted by molar-refractivity contribution is 0.394. The van der Waals surface area contributed by atoms with Crippen molar-refractivity contribution in [3.8, 4) is 11.5 Å². The van der Waals surface area contributed by atoms with E-state index in [1.807, 2.05) is 29.7 Å². The van der Waals surface area contributed by atoms with Crippen molar-refractivity contribution >= 4 is 29.9 Å². The van der Waals surface area contributed by atoms with E-state index in [1.165, 1.54) is 0 Å². The summed E-state index contributed by atoms with van der Waals surface area (Å²) in [6, 6.07) is 5.77. The topological polar surface area (TPSA) is 85.6 Å². The molecule has 156 valence electrons. The predicted molar refractivity (Wildman–Crippen MR) is 122 cm³/mol. The Balaban J connectivity index is 0.00000392. The third-order valence-electron chi connectivity index (χ3n) is 4.22. The lowest BCUT2D eigenvalue weighted by Crippen LogP contribution is -2.39. The number of aliphatic imine (C=N–C) groups is 1. The van der Waals surface area contributed by atoms with E-state index < -0.39 is 0 Å². The Morgan fingerprint density at radius 1 is 1.25 bits per heavy atom. The summed E-state index contributed by atoms with van der Waals surface area (Å²) in [5, 5.41) is 14.8. The molecule has 2 N–H and O–H groups in total. The number of guanidine groups is 1. The van der Waals surface area contributed by atoms with Gasteiger partial charge in [-0.2, -0.15) is 0 Å². The first-order chi connectivity index (χ1) is 13.1. The van der Waals surface area contributed by atoms with E-state index in [0.717, 1.165) is 48.4 Å². The van der Waals surface area contributed by atoms with E-state index in [0.29, 0.717) is 6.54 Å². The van der Waals surface area contributed by atoms with Crippen molar-refractivity contribution in [2.24, 2.45) is 4.99 Å². The molecule has 0 fully saturated rings. The number of nitrogens with zero attached hydrogens (tertiary/aromatic N) is 4. The van der Waals surface area contributed by atoms with Gasteiger partial charge in [-0.3, -0.25) is 4.99 Å². The lowest BCUT2D eigenvalue weighted by Gasteiger charge is -2.21. The highest BCUT2D eigenvalue weighted by Gasteiger charge is 2.14.